The maximum absolute atomic E-state index is 11.0. The lowest BCUT2D eigenvalue weighted by molar-refractivity contribution is -0.114. The molecule has 0 saturated carbocycles. The van der Waals surface area contributed by atoms with Gasteiger partial charge in [0.05, 0.1) is 0 Å². The highest BCUT2D eigenvalue weighted by Crippen LogP contribution is 2.12. The molecule has 0 radical (unpaired) electrons. The Labute approximate surface area is 99.5 Å². The summed E-state index contributed by atoms with van der Waals surface area (Å²) in [6.45, 7) is 5.59. The van der Waals surface area contributed by atoms with Gasteiger partial charge in [-0.3, -0.25) is 4.79 Å². The van der Waals surface area contributed by atoms with Gasteiger partial charge < -0.3 is 5.32 Å². The number of allylic oxidation sites excluding steroid dienone is 2. The van der Waals surface area contributed by atoms with Crippen LogP contribution in [-0.4, -0.2) is 12.3 Å². The van der Waals surface area contributed by atoms with E-state index in [0.29, 0.717) is 6.42 Å². The van der Waals surface area contributed by atoms with Crippen molar-refractivity contribution in [2.45, 2.75) is 58.8 Å². The minimum absolute atomic E-state index is 0.277. The van der Waals surface area contributed by atoms with Crippen molar-refractivity contribution in [1.29, 1.82) is 0 Å². The SMILES string of the molecule is CC(C)CCCCCCNC1=CC(=O)CC1. The molecule has 1 rings (SSSR count). The van der Waals surface area contributed by atoms with Crippen LogP contribution in [-0.2, 0) is 4.79 Å². The zero-order valence-corrected chi connectivity index (χ0v) is 10.7. The maximum atomic E-state index is 11.0. The summed E-state index contributed by atoms with van der Waals surface area (Å²) in [4.78, 5) is 11.0. The minimum Gasteiger partial charge on any atom is -0.388 e. The number of unbranched alkanes of at least 4 members (excludes halogenated alkanes) is 3. The van der Waals surface area contributed by atoms with Gasteiger partial charge in [0.1, 0.15) is 0 Å². The van der Waals surface area contributed by atoms with E-state index in [2.05, 4.69) is 19.2 Å². The fourth-order valence-electron chi connectivity index (χ4n) is 2.02. The molecule has 0 heterocycles. The topological polar surface area (TPSA) is 29.1 Å². The highest BCUT2D eigenvalue weighted by molar-refractivity contribution is 5.92. The Balaban J connectivity index is 1.89. The standard InChI is InChI=1S/C14H25NO/c1-12(2)7-5-3-4-6-10-15-13-8-9-14(16)11-13/h11-12,15H,3-10H2,1-2H3. The third-order valence-electron chi connectivity index (χ3n) is 3.04. The smallest absolute Gasteiger partial charge is 0.157 e. The van der Waals surface area contributed by atoms with Gasteiger partial charge in [0.25, 0.3) is 0 Å². The van der Waals surface area contributed by atoms with Crippen LogP contribution in [0.5, 0.6) is 0 Å². The molecule has 0 aromatic rings. The zero-order chi connectivity index (χ0) is 11.8. The lowest BCUT2D eigenvalue weighted by Crippen LogP contribution is -2.13. The molecular formula is C14H25NO. The van der Waals surface area contributed by atoms with Crippen molar-refractivity contribution < 1.29 is 4.79 Å². The van der Waals surface area contributed by atoms with Crippen molar-refractivity contribution >= 4 is 5.78 Å². The van der Waals surface area contributed by atoms with Crippen molar-refractivity contribution in [3.05, 3.63) is 11.8 Å². The molecule has 0 saturated heterocycles. The summed E-state index contributed by atoms with van der Waals surface area (Å²) in [5, 5.41) is 3.35. The second-order valence-corrected chi connectivity index (χ2v) is 5.16. The van der Waals surface area contributed by atoms with Gasteiger partial charge in [-0.2, -0.15) is 0 Å². The molecule has 0 spiro atoms. The highest BCUT2D eigenvalue weighted by atomic mass is 16.1. The van der Waals surface area contributed by atoms with Crippen LogP contribution in [0.4, 0.5) is 0 Å². The second-order valence-electron chi connectivity index (χ2n) is 5.16. The normalized spacial score (nSPS) is 15.7. The van der Waals surface area contributed by atoms with Gasteiger partial charge in [-0.15, -0.1) is 0 Å². The van der Waals surface area contributed by atoms with Gasteiger partial charge in [-0.25, -0.2) is 0 Å². The number of nitrogens with one attached hydrogen (secondary N) is 1. The summed E-state index contributed by atoms with van der Waals surface area (Å²) >= 11 is 0. The molecule has 0 unspecified atom stereocenters. The van der Waals surface area contributed by atoms with E-state index < -0.39 is 0 Å². The summed E-state index contributed by atoms with van der Waals surface area (Å²) in [7, 11) is 0. The Bertz CT molecular complexity index is 243. The summed E-state index contributed by atoms with van der Waals surface area (Å²) in [6.07, 6.45) is 9.98. The van der Waals surface area contributed by atoms with Crippen LogP contribution in [0.2, 0.25) is 0 Å². The van der Waals surface area contributed by atoms with E-state index in [9.17, 15) is 4.79 Å². The molecule has 1 aliphatic rings. The molecule has 0 atom stereocenters. The molecule has 0 aromatic heterocycles. The van der Waals surface area contributed by atoms with Crippen LogP contribution in [0.3, 0.4) is 0 Å². The third kappa shape index (κ3) is 5.94. The molecule has 0 amide bonds. The van der Waals surface area contributed by atoms with E-state index in [1.807, 2.05) is 0 Å². The first kappa shape index (κ1) is 13.3. The van der Waals surface area contributed by atoms with Gasteiger partial charge in [-0.05, 0) is 18.8 Å². The quantitative estimate of drug-likeness (QED) is 0.639. The second kappa shape index (κ2) is 7.48. The molecular weight excluding hydrogens is 198 g/mol. The number of hydrogen-bond donors (Lipinski definition) is 1. The van der Waals surface area contributed by atoms with Crippen LogP contribution < -0.4 is 5.32 Å². The minimum atomic E-state index is 0.277. The molecule has 0 aromatic carbocycles. The van der Waals surface area contributed by atoms with Gasteiger partial charge in [0, 0.05) is 24.7 Å². The molecule has 0 aliphatic heterocycles. The molecule has 92 valence electrons. The molecule has 16 heavy (non-hydrogen) atoms. The number of carbonyl (C=O) groups excluding carboxylic acids is 1. The van der Waals surface area contributed by atoms with E-state index in [0.717, 1.165) is 24.6 Å². The van der Waals surface area contributed by atoms with Crippen LogP contribution in [0.15, 0.2) is 11.8 Å². The fourth-order valence-corrected chi connectivity index (χ4v) is 2.02. The summed E-state index contributed by atoms with van der Waals surface area (Å²) in [6, 6.07) is 0. The Morgan fingerprint density at radius 3 is 2.56 bits per heavy atom. The maximum Gasteiger partial charge on any atom is 0.157 e. The lowest BCUT2D eigenvalue weighted by Gasteiger charge is -2.07. The molecule has 0 fully saturated rings. The van der Waals surface area contributed by atoms with Gasteiger partial charge >= 0.3 is 0 Å². The molecule has 0 bridgehead atoms. The van der Waals surface area contributed by atoms with Crippen molar-refractivity contribution in [3.63, 3.8) is 0 Å². The van der Waals surface area contributed by atoms with E-state index in [1.165, 1.54) is 32.1 Å². The van der Waals surface area contributed by atoms with Crippen molar-refractivity contribution in [2.24, 2.45) is 5.92 Å². The van der Waals surface area contributed by atoms with Gasteiger partial charge in [0.2, 0.25) is 0 Å². The number of rotatable bonds is 8. The fraction of sp³-hybridized carbons (Fsp3) is 0.786. The summed E-state index contributed by atoms with van der Waals surface area (Å²) in [5.74, 6) is 1.12. The Morgan fingerprint density at radius 2 is 1.94 bits per heavy atom. The summed E-state index contributed by atoms with van der Waals surface area (Å²) in [5.41, 5.74) is 1.15. The van der Waals surface area contributed by atoms with Crippen LogP contribution in [0.25, 0.3) is 0 Å². The first-order valence-electron chi connectivity index (χ1n) is 6.66. The zero-order valence-electron chi connectivity index (χ0n) is 10.7. The lowest BCUT2D eigenvalue weighted by atomic mass is 10.0. The van der Waals surface area contributed by atoms with Gasteiger partial charge in [0.15, 0.2) is 5.78 Å². The first-order chi connectivity index (χ1) is 7.68. The molecule has 2 nitrogen and oxygen atoms in total. The predicted molar refractivity (Wildman–Crippen MR) is 68.2 cm³/mol. The average Bonchev–Trinajstić information content (AvgIpc) is 2.62. The van der Waals surface area contributed by atoms with Crippen molar-refractivity contribution in [1.82, 2.24) is 5.32 Å². The monoisotopic (exact) mass is 223 g/mol. The van der Waals surface area contributed by atoms with Crippen molar-refractivity contribution in [3.8, 4) is 0 Å². The van der Waals surface area contributed by atoms with E-state index in [-0.39, 0.29) is 5.78 Å². The van der Waals surface area contributed by atoms with E-state index in [1.54, 1.807) is 6.08 Å². The number of carbonyl (C=O) groups is 1. The van der Waals surface area contributed by atoms with E-state index in [4.69, 9.17) is 0 Å². The highest BCUT2D eigenvalue weighted by Gasteiger charge is 2.10. The van der Waals surface area contributed by atoms with Crippen molar-refractivity contribution in [2.75, 3.05) is 6.54 Å². The Morgan fingerprint density at radius 1 is 1.19 bits per heavy atom. The van der Waals surface area contributed by atoms with Gasteiger partial charge in [-0.1, -0.05) is 39.5 Å². The van der Waals surface area contributed by atoms with Crippen LogP contribution in [0.1, 0.15) is 58.8 Å². The van der Waals surface area contributed by atoms with Crippen LogP contribution in [0, 0.1) is 5.92 Å². The predicted octanol–water partition coefficient (Wildman–Crippen LogP) is 3.43. The van der Waals surface area contributed by atoms with E-state index >= 15 is 0 Å². The molecule has 1 aliphatic carbocycles. The summed E-state index contributed by atoms with van der Waals surface area (Å²) < 4.78 is 0. The largest absolute Gasteiger partial charge is 0.388 e. The number of hydrogen-bond acceptors (Lipinski definition) is 2. The Hall–Kier alpha value is -0.790. The Kier molecular flexibility index (Phi) is 6.20. The average molecular weight is 223 g/mol. The third-order valence-corrected chi connectivity index (χ3v) is 3.04. The number of ketones is 1. The first-order valence-corrected chi connectivity index (χ1v) is 6.66. The molecule has 1 N–H and O–H groups in total. The van der Waals surface area contributed by atoms with Crippen LogP contribution >= 0.6 is 0 Å². The molecule has 2 heteroatoms.